The Balaban J connectivity index is 3.65. The molecule has 0 saturated heterocycles. The van der Waals surface area contributed by atoms with Crippen LogP contribution in [0.4, 0.5) is 0 Å². The second-order valence-corrected chi connectivity index (χ2v) is 1.92. The van der Waals surface area contributed by atoms with E-state index in [2.05, 4.69) is 5.32 Å². The van der Waals surface area contributed by atoms with E-state index in [4.69, 9.17) is 0 Å². The first kappa shape index (κ1) is 7.94. The van der Waals surface area contributed by atoms with E-state index in [1.807, 2.05) is 0 Å². The lowest BCUT2D eigenvalue weighted by Gasteiger charge is -2.07. The summed E-state index contributed by atoms with van der Waals surface area (Å²) in [5.74, 6) is -2.76. The molecule has 0 aromatic rings. The maximum atomic E-state index is 10.2. The number of hydrogen-bond donors (Lipinski definition) is 1. The van der Waals surface area contributed by atoms with Gasteiger partial charge in [0.05, 0.1) is 0 Å². The number of amides is 1. The normalized spacial score (nSPS) is 9.22. The predicted molar refractivity (Wildman–Crippen MR) is 28.3 cm³/mol. The highest BCUT2D eigenvalue weighted by atomic mass is 16.4. The number of carboxylic acids is 1. The lowest BCUT2D eigenvalue weighted by Crippen LogP contribution is -2.43. The van der Waals surface area contributed by atoms with Crippen LogP contribution in [0.5, 0.6) is 0 Å². The number of rotatable bonds is 1. The average Bonchev–Trinajstić information content (AvgIpc) is 1.63. The zero-order chi connectivity index (χ0) is 7.44. The summed E-state index contributed by atoms with van der Waals surface area (Å²) >= 11 is 0. The Bertz CT molecular complexity index is 130. The van der Waals surface area contributed by atoms with Crippen molar-refractivity contribution >= 4 is 11.9 Å². The molecule has 0 heterocycles. The Morgan fingerprint density at radius 3 is 2.00 bits per heavy atom. The number of aliphatic carboxylic acids is 1. The second kappa shape index (κ2) is 3.06. The zero-order valence-electron chi connectivity index (χ0n) is 5.30. The summed E-state index contributed by atoms with van der Waals surface area (Å²) in [6, 6.07) is -0.157. The highest BCUT2D eigenvalue weighted by Gasteiger charge is 2.01. The van der Waals surface area contributed by atoms with Gasteiger partial charge in [-0.3, -0.25) is 4.79 Å². The highest BCUT2D eigenvalue weighted by molar-refractivity contribution is 6.30. The minimum Gasteiger partial charge on any atom is -0.540 e. The number of nitrogens with one attached hydrogen (secondary N) is 1. The van der Waals surface area contributed by atoms with Gasteiger partial charge in [0.2, 0.25) is 0 Å². The molecular formula is C5H8NO3-. The fraction of sp³-hybridized carbons (Fsp3) is 0.600. The van der Waals surface area contributed by atoms with E-state index in [0.717, 1.165) is 0 Å². The minimum absolute atomic E-state index is 0.157. The fourth-order valence-electron chi connectivity index (χ4n) is 0.321. The number of carbonyl (C=O) groups excluding carboxylic acids is 2. The Kier molecular flexibility index (Phi) is 2.70. The Hall–Kier alpha value is -1.06. The number of hydrogen-bond acceptors (Lipinski definition) is 3. The molecule has 0 fully saturated rings. The molecule has 0 aliphatic heterocycles. The predicted octanol–water partition coefficient (Wildman–Crippen LogP) is -1.74. The van der Waals surface area contributed by atoms with Gasteiger partial charge in [-0.05, 0) is 13.8 Å². The molecule has 0 bridgehead atoms. The molecule has 0 atom stereocenters. The summed E-state index contributed by atoms with van der Waals surface area (Å²) in [5.41, 5.74) is 0. The molecule has 0 saturated carbocycles. The maximum absolute atomic E-state index is 10.2. The Morgan fingerprint density at radius 1 is 1.44 bits per heavy atom. The van der Waals surface area contributed by atoms with Crippen LogP contribution in [0.3, 0.4) is 0 Å². The standard InChI is InChI=1S/C5H9NO3/c1-3(2)6-4(7)5(8)9/h3H,1-2H3,(H,6,7)(H,8,9)/p-1. The lowest BCUT2D eigenvalue weighted by atomic mass is 10.4. The van der Waals surface area contributed by atoms with Crippen LogP contribution < -0.4 is 10.4 Å². The minimum atomic E-state index is -1.69. The molecule has 0 radical (unpaired) electrons. The van der Waals surface area contributed by atoms with E-state index in [-0.39, 0.29) is 6.04 Å². The molecule has 4 heteroatoms. The molecule has 0 unspecified atom stereocenters. The number of carboxylic acid groups (broad SMARTS) is 1. The van der Waals surface area contributed by atoms with Gasteiger partial charge in [0.1, 0.15) is 5.97 Å². The largest absolute Gasteiger partial charge is 0.540 e. The Morgan fingerprint density at radius 2 is 1.89 bits per heavy atom. The molecule has 0 aliphatic rings. The van der Waals surface area contributed by atoms with Gasteiger partial charge in [0.15, 0.2) is 0 Å². The smallest absolute Gasteiger partial charge is 0.267 e. The molecule has 0 spiro atoms. The molecule has 0 aromatic carbocycles. The Labute approximate surface area is 52.9 Å². The molecule has 1 N–H and O–H groups in total. The van der Waals surface area contributed by atoms with Crippen molar-refractivity contribution in [1.29, 1.82) is 0 Å². The highest BCUT2D eigenvalue weighted by Crippen LogP contribution is 1.74. The van der Waals surface area contributed by atoms with E-state index >= 15 is 0 Å². The van der Waals surface area contributed by atoms with Crippen molar-refractivity contribution in [1.82, 2.24) is 5.32 Å². The van der Waals surface area contributed by atoms with E-state index in [1.54, 1.807) is 13.8 Å². The van der Waals surface area contributed by atoms with E-state index in [9.17, 15) is 14.7 Å². The summed E-state index contributed by atoms with van der Waals surface area (Å²) in [5, 5.41) is 11.9. The summed E-state index contributed by atoms with van der Waals surface area (Å²) in [4.78, 5) is 19.9. The SMILES string of the molecule is CC(C)NC(=O)C(=O)[O-]. The molecule has 0 rings (SSSR count). The van der Waals surface area contributed by atoms with Crippen LogP contribution in [0.2, 0.25) is 0 Å². The van der Waals surface area contributed by atoms with Crippen molar-refractivity contribution in [2.24, 2.45) is 0 Å². The molecular weight excluding hydrogens is 122 g/mol. The van der Waals surface area contributed by atoms with E-state index in [0.29, 0.717) is 0 Å². The summed E-state index contributed by atoms with van der Waals surface area (Å²) in [6.45, 7) is 3.34. The van der Waals surface area contributed by atoms with E-state index in [1.165, 1.54) is 0 Å². The average molecular weight is 130 g/mol. The van der Waals surface area contributed by atoms with Gasteiger partial charge < -0.3 is 15.2 Å². The van der Waals surface area contributed by atoms with Crippen molar-refractivity contribution in [3.63, 3.8) is 0 Å². The van der Waals surface area contributed by atoms with Crippen molar-refractivity contribution < 1.29 is 14.7 Å². The van der Waals surface area contributed by atoms with Gasteiger partial charge in [0, 0.05) is 6.04 Å². The van der Waals surface area contributed by atoms with Crippen LogP contribution in [-0.2, 0) is 9.59 Å². The topological polar surface area (TPSA) is 69.2 Å². The van der Waals surface area contributed by atoms with Gasteiger partial charge in [-0.15, -0.1) is 0 Å². The van der Waals surface area contributed by atoms with Gasteiger partial charge in [0.25, 0.3) is 5.91 Å². The molecule has 9 heavy (non-hydrogen) atoms. The first-order valence-corrected chi connectivity index (χ1v) is 2.56. The first-order valence-electron chi connectivity index (χ1n) is 2.56. The maximum Gasteiger partial charge on any atom is 0.267 e. The summed E-state index contributed by atoms with van der Waals surface area (Å²) in [7, 11) is 0. The zero-order valence-corrected chi connectivity index (χ0v) is 5.30. The van der Waals surface area contributed by atoms with Crippen LogP contribution in [0.25, 0.3) is 0 Å². The van der Waals surface area contributed by atoms with Gasteiger partial charge in [-0.1, -0.05) is 0 Å². The molecule has 4 nitrogen and oxygen atoms in total. The second-order valence-electron chi connectivity index (χ2n) is 1.92. The van der Waals surface area contributed by atoms with Crippen molar-refractivity contribution in [2.45, 2.75) is 19.9 Å². The lowest BCUT2D eigenvalue weighted by molar-refractivity contribution is -0.300. The summed E-state index contributed by atoms with van der Waals surface area (Å²) in [6.07, 6.45) is 0. The molecule has 52 valence electrons. The third-order valence-electron chi connectivity index (χ3n) is 0.605. The molecule has 1 amide bonds. The van der Waals surface area contributed by atoms with Crippen molar-refractivity contribution in [2.75, 3.05) is 0 Å². The van der Waals surface area contributed by atoms with Crippen LogP contribution in [0.15, 0.2) is 0 Å². The van der Waals surface area contributed by atoms with Crippen LogP contribution in [0, 0.1) is 0 Å². The number of carbonyl (C=O) groups is 2. The third-order valence-corrected chi connectivity index (χ3v) is 0.605. The van der Waals surface area contributed by atoms with Crippen LogP contribution in [0.1, 0.15) is 13.8 Å². The molecule has 0 aliphatic carbocycles. The fourth-order valence-corrected chi connectivity index (χ4v) is 0.321. The third kappa shape index (κ3) is 3.52. The van der Waals surface area contributed by atoms with Crippen molar-refractivity contribution in [3.05, 3.63) is 0 Å². The van der Waals surface area contributed by atoms with Gasteiger partial charge in [-0.2, -0.15) is 0 Å². The monoisotopic (exact) mass is 130 g/mol. The summed E-state index contributed by atoms with van der Waals surface area (Å²) < 4.78 is 0. The quantitative estimate of drug-likeness (QED) is 0.428. The van der Waals surface area contributed by atoms with Crippen LogP contribution >= 0.6 is 0 Å². The van der Waals surface area contributed by atoms with E-state index < -0.39 is 11.9 Å². The molecule has 0 aromatic heterocycles. The van der Waals surface area contributed by atoms with Gasteiger partial charge in [-0.25, -0.2) is 0 Å². The first-order chi connectivity index (χ1) is 4.04. The van der Waals surface area contributed by atoms with Crippen LogP contribution in [-0.4, -0.2) is 17.9 Å². The van der Waals surface area contributed by atoms with Crippen molar-refractivity contribution in [3.8, 4) is 0 Å². The van der Waals surface area contributed by atoms with Gasteiger partial charge >= 0.3 is 0 Å².